The number of hydrogen-bond acceptors (Lipinski definition) is 4. The average molecular weight is 285 g/mol. The normalized spacial score (nSPS) is 12.2. The molecule has 0 fully saturated rings. The van der Waals surface area contributed by atoms with Gasteiger partial charge in [0.2, 0.25) is 0 Å². The lowest BCUT2D eigenvalue weighted by Gasteiger charge is -2.13. The molecule has 0 saturated heterocycles. The van der Waals surface area contributed by atoms with Crippen molar-refractivity contribution >= 4 is 23.2 Å². The summed E-state index contributed by atoms with van der Waals surface area (Å²) in [4.78, 5) is 24.7. The Labute approximate surface area is 116 Å². The van der Waals surface area contributed by atoms with Crippen LogP contribution in [0.4, 0.5) is 0 Å². The summed E-state index contributed by atoms with van der Waals surface area (Å²) in [5.74, 6) is -1.38. The quantitative estimate of drug-likeness (QED) is 0.801. The lowest BCUT2D eigenvalue weighted by molar-refractivity contribution is -0.139. The first-order chi connectivity index (χ1) is 8.99. The van der Waals surface area contributed by atoms with E-state index in [2.05, 4.69) is 5.32 Å². The number of ether oxygens (including phenoxy) is 1. The van der Waals surface area contributed by atoms with Crippen LogP contribution >= 0.6 is 11.3 Å². The second kappa shape index (κ2) is 7.25. The first-order valence-electron chi connectivity index (χ1n) is 6.11. The molecule has 1 unspecified atom stereocenters. The largest absolute Gasteiger partial charge is 0.480 e. The lowest BCUT2D eigenvalue weighted by Crippen LogP contribution is -2.41. The van der Waals surface area contributed by atoms with Crippen LogP contribution in [-0.2, 0) is 16.0 Å². The van der Waals surface area contributed by atoms with E-state index in [1.807, 2.05) is 13.8 Å². The molecule has 0 aromatic carbocycles. The van der Waals surface area contributed by atoms with Gasteiger partial charge in [-0.3, -0.25) is 4.79 Å². The molecule has 0 radical (unpaired) electrons. The third kappa shape index (κ3) is 4.33. The van der Waals surface area contributed by atoms with Gasteiger partial charge in [-0.05, 0) is 25.0 Å². The van der Waals surface area contributed by atoms with E-state index in [0.29, 0.717) is 11.5 Å². The van der Waals surface area contributed by atoms with Gasteiger partial charge in [0, 0.05) is 25.0 Å². The number of carbonyl (C=O) groups excluding carboxylic acids is 1. The number of nitrogens with one attached hydrogen (secondary N) is 1. The number of methoxy groups -OCH3 is 1. The Hall–Kier alpha value is -1.40. The summed E-state index contributed by atoms with van der Waals surface area (Å²) in [6.07, 6.45) is 1.12. The van der Waals surface area contributed by atoms with E-state index in [1.165, 1.54) is 18.4 Å². The fourth-order valence-corrected chi connectivity index (χ4v) is 2.72. The monoisotopic (exact) mass is 285 g/mol. The number of amides is 1. The molecule has 0 aliphatic heterocycles. The maximum absolute atomic E-state index is 12.0. The van der Waals surface area contributed by atoms with Crippen LogP contribution < -0.4 is 5.32 Å². The molecule has 0 aliphatic rings. The van der Waals surface area contributed by atoms with Crippen LogP contribution in [0, 0.1) is 6.92 Å². The van der Waals surface area contributed by atoms with Gasteiger partial charge in [0.1, 0.15) is 6.04 Å². The summed E-state index contributed by atoms with van der Waals surface area (Å²) in [6, 6.07) is 0.883. The Morgan fingerprint density at radius 2 is 2.21 bits per heavy atom. The number of aryl methyl sites for hydroxylation is 2. The minimum absolute atomic E-state index is 0.253. The Morgan fingerprint density at radius 3 is 2.68 bits per heavy atom. The van der Waals surface area contributed by atoms with Gasteiger partial charge in [-0.15, -0.1) is 11.3 Å². The highest BCUT2D eigenvalue weighted by Crippen LogP contribution is 2.22. The molecule has 1 heterocycles. The number of carboxylic acids is 1. The Balaban J connectivity index is 2.72. The number of aliphatic carboxylic acids is 1. The molecule has 1 amide bonds. The van der Waals surface area contributed by atoms with Gasteiger partial charge in [-0.2, -0.15) is 0 Å². The van der Waals surface area contributed by atoms with Crippen LogP contribution in [0.15, 0.2) is 6.07 Å². The van der Waals surface area contributed by atoms with Crippen LogP contribution in [0.2, 0.25) is 0 Å². The summed E-state index contributed by atoms with van der Waals surface area (Å²) >= 11 is 1.41. The third-order valence-electron chi connectivity index (χ3n) is 2.78. The second-order valence-corrected chi connectivity index (χ2v) is 5.35. The highest BCUT2D eigenvalue weighted by atomic mass is 32.1. The molecule has 0 bridgehead atoms. The molecular formula is C13H19NO4S. The maximum Gasteiger partial charge on any atom is 0.326 e. The topological polar surface area (TPSA) is 75.6 Å². The minimum Gasteiger partial charge on any atom is -0.480 e. The van der Waals surface area contributed by atoms with Gasteiger partial charge in [0.25, 0.3) is 5.91 Å². The van der Waals surface area contributed by atoms with Gasteiger partial charge < -0.3 is 15.2 Å². The molecule has 0 aliphatic carbocycles. The van der Waals surface area contributed by atoms with E-state index in [1.54, 1.807) is 6.07 Å². The Kier molecular flexibility index (Phi) is 5.98. The maximum atomic E-state index is 12.0. The molecule has 2 N–H and O–H groups in total. The van der Waals surface area contributed by atoms with Crippen molar-refractivity contribution < 1.29 is 19.4 Å². The summed E-state index contributed by atoms with van der Waals surface area (Å²) in [6.45, 7) is 4.27. The van der Waals surface area contributed by atoms with Crippen molar-refractivity contribution in [3.05, 3.63) is 21.4 Å². The molecule has 0 spiro atoms. The first-order valence-corrected chi connectivity index (χ1v) is 6.93. The van der Waals surface area contributed by atoms with E-state index >= 15 is 0 Å². The zero-order valence-electron chi connectivity index (χ0n) is 11.4. The molecule has 1 atom stereocenters. The lowest BCUT2D eigenvalue weighted by atomic mass is 10.2. The van der Waals surface area contributed by atoms with Gasteiger partial charge >= 0.3 is 5.97 Å². The van der Waals surface area contributed by atoms with E-state index in [0.717, 1.165) is 16.9 Å². The first kappa shape index (κ1) is 15.7. The third-order valence-corrected chi connectivity index (χ3v) is 4.16. The number of hydrogen-bond donors (Lipinski definition) is 2. The number of rotatable bonds is 7. The molecule has 1 aromatic rings. The Bertz CT molecular complexity index is 455. The number of carbonyl (C=O) groups is 2. The zero-order valence-corrected chi connectivity index (χ0v) is 12.2. The molecule has 6 heteroatoms. The highest BCUT2D eigenvalue weighted by Gasteiger charge is 2.21. The van der Waals surface area contributed by atoms with E-state index in [-0.39, 0.29) is 12.3 Å². The molecule has 19 heavy (non-hydrogen) atoms. The average Bonchev–Trinajstić information content (AvgIpc) is 2.75. The summed E-state index contributed by atoms with van der Waals surface area (Å²) in [5.41, 5.74) is 1.07. The summed E-state index contributed by atoms with van der Waals surface area (Å²) in [5, 5.41) is 11.6. The Morgan fingerprint density at radius 1 is 1.53 bits per heavy atom. The molecular weight excluding hydrogens is 266 g/mol. The predicted molar refractivity (Wildman–Crippen MR) is 73.8 cm³/mol. The zero-order chi connectivity index (χ0) is 14.4. The SMILES string of the molecule is CCc1sc(C(=O)NC(CCOC)C(=O)O)cc1C. The van der Waals surface area contributed by atoms with Crippen LogP contribution in [0.3, 0.4) is 0 Å². The van der Waals surface area contributed by atoms with Crippen molar-refractivity contribution in [3.8, 4) is 0 Å². The van der Waals surface area contributed by atoms with E-state index in [4.69, 9.17) is 9.84 Å². The van der Waals surface area contributed by atoms with Crippen LogP contribution in [-0.4, -0.2) is 36.7 Å². The van der Waals surface area contributed by atoms with Crippen molar-refractivity contribution in [2.24, 2.45) is 0 Å². The number of thiophene rings is 1. The molecule has 5 nitrogen and oxygen atoms in total. The summed E-state index contributed by atoms with van der Waals surface area (Å²) in [7, 11) is 1.50. The van der Waals surface area contributed by atoms with Gasteiger partial charge in [-0.1, -0.05) is 6.92 Å². The molecule has 106 valence electrons. The van der Waals surface area contributed by atoms with Gasteiger partial charge in [0.15, 0.2) is 0 Å². The fourth-order valence-electron chi connectivity index (χ4n) is 1.71. The van der Waals surface area contributed by atoms with Crippen molar-refractivity contribution in [1.82, 2.24) is 5.32 Å². The van der Waals surface area contributed by atoms with Crippen LogP contribution in [0.1, 0.15) is 33.5 Å². The van der Waals surface area contributed by atoms with Gasteiger partial charge in [0.05, 0.1) is 4.88 Å². The van der Waals surface area contributed by atoms with Crippen molar-refractivity contribution in [3.63, 3.8) is 0 Å². The highest BCUT2D eigenvalue weighted by molar-refractivity contribution is 7.14. The fraction of sp³-hybridized carbons (Fsp3) is 0.538. The number of carboxylic acid groups (broad SMARTS) is 1. The molecule has 0 saturated carbocycles. The van der Waals surface area contributed by atoms with Crippen molar-refractivity contribution in [2.75, 3.05) is 13.7 Å². The molecule has 1 aromatic heterocycles. The molecule has 1 rings (SSSR count). The van der Waals surface area contributed by atoms with Crippen LogP contribution in [0.25, 0.3) is 0 Å². The standard InChI is InChI=1S/C13H19NO4S/c1-4-10-8(2)7-11(19-10)12(15)14-9(13(16)17)5-6-18-3/h7,9H,4-6H2,1-3H3,(H,14,15)(H,16,17). The minimum atomic E-state index is -1.05. The van der Waals surface area contributed by atoms with Crippen LogP contribution in [0.5, 0.6) is 0 Å². The van der Waals surface area contributed by atoms with Crippen molar-refractivity contribution in [1.29, 1.82) is 0 Å². The van der Waals surface area contributed by atoms with Gasteiger partial charge in [-0.25, -0.2) is 4.79 Å². The van der Waals surface area contributed by atoms with Crippen molar-refractivity contribution in [2.45, 2.75) is 32.7 Å². The van der Waals surface area contributed by atoms with E-state index < -0.39 is 12.0 Å². The smallest absolute Gasteiger partial charge is 0.326 e. The predicted octanol–water partition coefficient (Wildman–Crippen LogP) is 1.84. The van der Waals surface area contributed by atoms with E-state index in [9.17, 15) is 9.59 Å². The summed E-state index contributed by atoms with van der Waals surface area (Å²) < 4.78 is 4.84. The second-order valence-electron chi connectivity index (χ2n) is 4.22.